The van der Waals surface area contributed by atoms with Crippen molar-refractivity contribution in [2.75, 3.05) is 5.43 Å². The quantitative estimate of drug-likeness (QED) is 0.427. The molecule has 0 unspecified atom stereocenters. The topological polar surface area (TPSA) is 70.7 Å². The lowest BCUT2D eigenvalue weighted by molar-refractivity contribution is 0.469. The second kappa shape index (κ2) is 6.13. The van der Waals surface area contributed by atoms with Gasteiger partial charge in [-0.2, -0.15) is 10.1 Å². The van der Waals surface area contributed by atoms with Crippen LogP contribution in [0, 0.1) is 0 Å². The fraction of sp³-hybridized carbons (Fsp3) is 0.0588. The molecular weight excluding hydrogens is 278 g/mol. The van der Waals surface area contributed by atoms with Gasteiger partial charge in [0.25, 0.3) is 0 Å². The van der Waals surface area contributed by atoms with Crippen LogP contribution in [0.25, 0.3) is 11.1 Å². The van der Waals surface area contributed by atoms with Gasteiger partial charge in [-0.1, -0.05) is 30.3 Å². The molecule has 0 saturated heterocycles. The zero-order valence-corrected chi connectivity index (χ0v) is 11.9. The highest BCUT2D eigenvalue weighted by Crippen LogP contribution is 2.22. The summed E-state index contributed by atoms with van der Waals surface area (Å²) >= 11 is 0. The molecule has 22 heavy (non-hydrogen) atoms. The van der Waals surface area contributed by atoms with Crippen LogP contribution in [0.3, 0.4) is 0 Å². The smallest absolute Gasteiger partial charge is 0.316 e. The van der Waals surface area contributed by atoms with Crippen molar-refractivity contribution in [3.8, 4) is 5.75 Å². The van der Waals surface area contributed by atoms with Gasteiger partial charge in [-0.15, -0.1) is 6.58 Å². The lowest BCUT2D eigenvalue weighted by Crippen LogP contribution is -1.93. The molecule has 0 radical (unpaired) electrons. The summed E-state index contributed by atoms with van der Waals surface area (Å²) in [5, 5.41) is 14.2. The number of nitrogens with one attached hydrogen (secondary N) is 1. The van der Waals surface area contributed by atoms with E-state index in [0.717, 1.165) is 11.1 Å². The van der Waals surface area contributed by atoms with Crippen LogP contribution < -0.4 is 5.43 Å². The molecule has 3 aromatic rings. The first-order valence-corrected chi connectivity index (χ1v) is 6.84. The van der Waals surface area contributed by atoms with E-state index in [1.54, 1.807) is 12.1 Å². The number of fused-ring (bicyclic) bond motifs is 1. The van der Waals surface area contributed by atoms with E-state index in [1.165, 1.54) is 6.21 Å². The second-order valence-electron chi connectivity index (χ2n) is 4.70. The molecule has 0 aliphatic rings. The average Bonchev–Trinajstić information content (AvgIpc) is 2.94. The van der Waals surface area contributed by atoms with E-state index >= 15 is 0 Å². The highest BCUT2D eigenvalue weighted by molar-refractivity contribution is 5.84. The molecule has 0 bridgehead atoms. The van der Waals surface area contributed by atoms with Gasteiger partial charge in [-0.3, -0.25) is 0 Å². The maximum absolute atomic E-state index is 10.1. The van der Waals surface area contributed by atoms with Crippen LogP contribution in [0.1, 0.15) is 11.1 Å². The molecule has 0 spiro atoms. The number of allylic oxidation sites excluding steroid dienone is 1. The summed E-state index contributed by atoms with van der Waals surface area (Å²) in [6, 6.07) is 13.3. The third-order valence-corrected chi connectivity index (χ3v) is 3.17. The van der Waals surface area contributed by atoms with Crippen LogP contribution in [-0.2, 0) is 6.42 Å². The predicted molar refractivity (Wildman–Crippen MR) is 87.2 cm³/mol. The first-order valence-electron chi connectivity index (χ1n) is 6.84. The average molecular weight is 293 g/mol. The van der Waals surface area contributed by atoms with Crippen LogP contribution in [0.5, 0.6) is 5.75 Å². The van der Waals surface area contributed by atoms with Crippen molar-refractivity contribution in [2.45, 2.75) is 6.42 Å². The molecule has 5 heteroatoms. The molecule has 2 N–H and O–H groups in total. The number of aromatic nitrogens is 1. The number of rotatable bonds is 5. The molecule has 1 heterocycles. The van der Waals surface area contributed by atoms with Crippen LogP contribution >= 0.6 is 0 Å². The summed E-state index contributed by atoms with van der Waals surface area (Å²) < 4.78 is 5.49. The number of phenols is 1. The van der Waals surface area contributed by atoms with Crippen molar-refractivity contribution in [2.24, 2.45) is 5.10 Å². The Bertz CT molecular complexity index is 804. The number of hydrazone groups is 1. The van der Waals surface area contributed by atoms with Gasteiger partial charge in [-0.25, -0.2) is 5.43 Å². The zero-order valence-electron chi connectivity index (χ0n) is 11.9. The number of hydrogen-bond acceptors (Lipinski definition) is 5. The third kappa shape index (κ3) is 2.83. The minimum atomic E-state index is 0.200. The van der Waals surface area contributed by atoms with E-state index in [-0.39, 0.29) is 5.75 Å². The Morgan fingerprint density at radius 1 is 1.23 bits per heavy atom. The minimum Gasteiger partial charge on any atom is -0.507 e. The Morgan fingerprint density at radius 3 is 2.91 bits per heavy atom. The van der Waals surface area contributed by atoms with Gasteiger partial charge in [0, 0.05) is 5.56 Å². The lowest BCUT2D eigenvalue weighted by atomic mass is 10.1. The summed E-state index contributed by atoms with van der Waals surface area (Å²) in [6.45, 7) is 3.67. The first kappa shape index (κ1) is 13.9. The van der Waals surface area contributed by atoms with E-state index in [9.17, 15) is 5.11 Å². The Hall–Kier alpha value is -3.08. The molecular formula is C17H15N3O2. The largest absolute Gasteiger partial charge is 0.507 e. The number of para-hydroxylation sites is 3. The van der Waals surface area contributed by atoms with Crippen molar-refractivity contribution in [1.29, 1.82) is 0 Å². The van der Waals surface area contributed by atoms with Gasteiger partial charge in [0.2, 0.25) is 0 Å². The lowest BCUT2D eigenvalue weighted by Gasteiger charge is -2.04. The standard InChI is InChI=1S/C17H15N3O2/c1-2-6-12-7-5-8-13(16(12)21)11-18-20-17-19-14-9-3-4-10-15(14)22-17/h2-5,7-11,21H,1,6H2,(H,19,20)/b18-11-. The number of anilines is 1. The normalized spacial score (nSPS) is 11.1. The molecule has 0 saturated carbocycles. The number of aromatic hydroxyl groups is 1. The van der Waals surface area contributed by atoms with Crippen molar-refractivity contribution in [1.82, 2.24) is 4.98 Å². The predicted octanol–water partition coefficient (Wildman–Crippen LogP) is 3.71. The monoisotopic (exact) mass is 293 g/mol. The molecule has 0 aliphatic carbocycles. The number of benzene rings is 2. The Kier molecular flexibility index (Phi) is 3.87. The fourth-order valence-corrected chi connectivity index (χ4v) is 2.11. The highest BCUT2D eigenvalue weighted by Gasteiger charge is 2.05. The summed E-state index contributed by atoms with van der Waals surface area (Å²) in [4.78, 5) is 4.25. The maximum atomic E-state index is 10.1. The summed E-state index contributed by atoms with van der Waals surface area (Å²) in [7, 11) is 0. The number of phenolic OH excluding ortho intramolecular Hbond substituents is 1. The third-order valence-electron chi connectivity index (χ3n) is 3.17. The van der Waals surface area contributed by atoms with Crippen molar-refractivity contribution >= 4 is 23.3 Å². The van der Waals surface area contributed by atoms with E-state index < -0.39 is 0 Å². The summed E-state index contributed by atoms with van der Waals surface area (Å²) in [5.74, 6) is 0.200. The van der Waals surface area contributed by atoms with Gasteiger partial charge in [0.15, 0.2) is 5.58 Å². The van der Waals surface area contributed by atoms with E-state index in [2.05, 4.69) is 22.1 Å². The van der Waals surface area contributed by atoms with E-state index in [0.29, 0.717) is 23.6 Å². The molecule has 0 amide bonds. The Balaban J connectivity index is 1.77. The van der Waals surface area contributed by atoms with Crippen LogP contribution in [0.15, 0.2) is 64.6 Å². The van der Waals surface area contributed by atoms with Crippen molar-refractivity contribution < 1.29 is 9.52 Å². The zero-order chi connectivity index (χ0) is 15.4. The van der Waals surface area contributed by atoms with Gasteiger partial charge in [-0.05, 0) is 30.2 Å². The summed E-state index contributed by atoms with van der Waals surface area (Å²) in [6.07, 6.45) is 3.87. The van der Waals surface area contributed by atoms with Gasteiger partial charge >= 0.3 is 6.01 Å². The van der Waals surface area contributed by atoms with Crippen LogP contribution in [-0.4, -0.2) is 16.3 Å². The Morgan fingerprint density at radius 2 is 2.09 bits per heavy atom. The van der Waals surface area contributed by atoms with Crippen molar-refractivity contribution in [3.63, 3.8) is 0 Å². The molecule has 2 aromatic carbocycles. The first-order chi connectivity index (χ1) is 10.8. The Labute approximate surface area is 127 Å². The molecule has 3 rings (SSSR count). The van der Waals surface area contributed by atoms with E-state index in [1.807, 2.05) is 36.4 Å². The molecule has 110 valence electrons. The minimum absolute atomic E-state index is 0.200. The number of nitrogens with zero attached hydrogens (tertiary/aromatic N) is 2. The second-order valence-corrected chi connectivity index (χ2v) is 4.70. The van der Waals surface area contributed by atoms with Crippen LogP contribution in [0.2, 0.25) is 0 Å². The van der Waals surface area contributed by atoms with E-state index in [4.69, 9.17) is 4.42 Å². The SMILES string of the molecule is C=CCc1cccc(/C=N\Nc2nc3ccccc3o2)c1O. The van der Waals surface area contributed by atoms with Crippen LogP contribution in [0.4, 0.5) is 6.01 Å². The number of oxazole rings is 1. The number of hydrogen-bond donors (Lipinski definition) is 2. The molecule has 5 nitrogen and oxygen atoms in total. The van der Waals surface area contributed by atoms with Crippen molar-refractivity contribution in [3.05, 3.63) is 66.2 Å². The molecule has 0 fully saturated rings. The summed E-state index contributed by atoms with van der Waals surface area (Å²) in [5.41, 5.74) is 5.59. The van der Waals surface area contributed by atoms with Gasteiger partial charge in [0.05, 0.1) is 6.21 Å². The maximum Gasteiger partial charge on any atom is 0.316 e. The molecule has 1 aromatic heterocycles. The fourth-order valence-electron chi connectivity index (χ4n) is 2.11. The molecule has 0 aliphatic heterocycles. The highest BCUT2D eigenvalue weighted by atomic mass is 16.4. The van der Waals surface area contributed by atoms with Gasteiger partial charge in [0.1, 0.15) is 11.3 Å². The van der Waals surface area contributed by atoms with Gasteiger partial charge < -0.3 is 9.52 Å². The molecule has 0 atom stereocenters.